The summed E-state index contributed by atoms with van der Waals surface area (Å²) in [7, 11) is 0. The lowest BCUT2D eigenvalue weighted by Gasteiger charge is -2.43. The average Bonchev–Trinajstić information content (AvgIpc) is 2.85. The molecular weight excluding hydrogens is 320 g/mol. The minimum absolute atomic E-state index is 0.740. The molecule has 0 radical (unpaired) electrons. The minimum Gasteiger partial charge on any atom is -0.369 e. The fourth-order valence-corrected chi connectivity index (χ4v) is 3.24. The highest BCUT2D eigenvalue weighted by Gasteiger charge is 2.30. The number of hydrogen-bond acceptors (Lipinski definition) is 5. The van der Waals surface area contributed by atoms with Gasteiger partial charge in [-0.25, -0.2) is 4.63 Å². The van der Waals surface area contributed by atoms with Gasteiger partial charge in [0.15, 0.2) is 5.52 Å². The Bertz CT molecular complexity index is 590. The van der Waals surface area contributed by atoms with E-state index >= 15 is 0 Å². The number of halogens is 1. The van der Waals surface area contributed by atoms with Gasteiger partial charge in [0.1, 0.15) is 5.52 Å². The molecule has 2 aromatic rings. The Hall–Kier alpha value is -1.14. The van der Waals surface area contributed by atoms with Gasteiger partial charge in [-0.2, -0.15) is 0 Å². The third-order valence-corrected chi connectivity index (χ3v) is 4.47. The average molecular weight is 339 g/mol. The molecule has 6 heteroatoms. The maximum Gasteiger partial charge on any atom is 0.158 e. The monoisotopic (exact) mass is 338 g/mol. The highest BCUT2D eigenvalue weighted by molar-refractivity contribution is 9.10. The first kappa shape index (κ1) is 13.8. The van der Waals surface area contributed by atoms with Crippen LogP contribution in [-0.4, -0.2) is 47.9 Å². The van der Waals surface area contributed by atoms with E-state index < -0.39 is 0 Å². The number of nitrogens with zero attached hydrogens (tertiary/aromatic N) is 4. The number of aromatic nitrogens is 2. The van der Waals surface area contributed by atoms with E-state index in [0.717, 1.165) is 53.3 Å². The molecule has 0 aliphatic carbocycles. The highest BCUT2D eigenvalue weighted by atomic mass is 79.9. The Morgan fingerprint density at radius 2 is 2.05 bits per heavy atom. The third kappa shape index (κ3) is 2.54. The first-order chi connectivity index (χ1) is 9.71. The molecule has 0 N–H and O–H groups in total. The van der Waals surface area contributed by atoms with E-state index in [2.05, 4.69) is 56.0 Å². The molecule has 108 valence electrons. The summed E-state index contributed by atoms with van der Waals surface area (Å²) >= 11 is 3.52. The summed E-state index contributed by atoms with van der Waals surface area (Å²) in [4.78, 5) is 4.83. The zero-order valence-corrected chi connectivity index (χ0v) is 13.4. The van der Waals surface area contributed by atoms with Crippen molar-refractivity contribution in [3.05, 3.63) is 16.6 Å². The van der Waals surface area contributed by atoms with Gasteiger partial charge in [0.2, 0.25) is 0 Å². The molecule has 0 atom stereocenters. The number of benzene rings is 1. The Labute approximate surface area is 127 Å². The first-order valence-electron chi connectivity index (χ1n) is 7.10. The summed E-state index contributed by atoms with van der Waals surface area (Å²) in [6.45, 7) is 10.0. The van der Waals surface area contributed by atoms with E-state index in [-0.39, 0.29) is 0 Å². The molecular formula is C14H19BrN4O. The van der Waals surface area contributed by atoms with E-state index in [0.29, 0.717) is 0 Å². The van der Waals surface area contributed by atoms with Crippen LogP contribution in [0, 0.1) is 5.92 Å². The molecule has 0 spiro atoms. The van der Waals surface area contributed by atoms with Crippen molar-refractivity contribution in [3.63, 3.8) is 0 Å². The van der Waals surface area contributed by atoms with Crippen LogP contribution in [-0.2, 0) is 0 Å². The van der Waals surface area contributed by atoms with Crippen molar-refractivity contribution in [2.24, 2.45) is 5.92 Å². The molecule has 1 saturated heterocycles. The largest absolute Gasteiger partial charge is 0.369 e. The van der Waals surface area contributed by atoms with Gasteiger partial charge >= 0.3 is 0 Å². The topological polar surface area (TPSA) is 45.4 Å². The lowest BCUT2D eigenvalue weighted by Crippen LogP contribution is -2.51. The summed E-state index contributed by atoms with van der Waals surface area (Å²) in [5, 5.41) is 7.95. The van der Waals surface area contributed by atoms with Crippen LogP contribution in [0.3, 0.4) is 0 Å². The van der Waals surface area contributed by atoms with Crippen molar-refractivity contribution in [1.82, 2.24) is 15.2 Å². The van der Waals surface area contributed by atoms with Crippen LogP contribution in [0.5, 0.6) is 0 Å². The molecule has 1 aliphatic rings. The van der Waals surface area contributed by atoms with Gasteiger partial charge in [0.05, 0.1) is 5.69 Å². The maximum atomic E-state index is 4.85. The third-order valence-electron chi connectivity index (χ3n) is 4.01. The molecule has 0 bridgehead atoms. The van der Waals surface area contributed by atoms with Crippen LogP contribution in [0.25, 0.3) is 11.0 Å². The van der Waals surface area contributed by atoms with Gasteiger partial charge in [-0.1, -0.05) is 29.8 Å². The Morgan fingerprint density at radius 1 is 1.30 bits per heavy atom. The fourth-order valence-electron chi connectivity index (χ4n) is 2.81. The summed E-state index contributed by atoms with van der Waals surface area (Å²) in [5.41, 5.74) is 2.78. The molecule has 5 nitrogen and oxygen atoms in total. The number of fused-ring (bicyclic) bond motifs is 1. The van der Waals surface area contributed by atoms with Crippen molar-refractivity contribution < 1.29 is 4.63 Å². The van der Waals surface area contributed by atoms with E-state index in [1.54, 1.807) is 0 Å². The van der Waals surface area contributed by atoms with Crippen LogP contribution in [0.15, 0.2) is 21.2 Å². The van der Waals surface area contributed by atoms with Gasteiger partial charge in [0, 0.05) is 30.0 Å². The van der Waals surface area contributed by atoms with E-state index in [1.807, 2.05) is 6.07 Å². The first-order valence-corrected chi connectivity index (χ1v) is 7.89. The maximum absolute atomic E-state index is 4.85. The second kappa shape index (κ2) is 5.69. The van der Waals surface area contributed by atoms with Crippen LogP contribution in [0.1, 0.15) is 13.8 Å². The number of anilines is 1. The second-order valence-corrected chi connectivity index (χ2v) is 6.23. The van der Waals surface area contributed by atoms with E-state index in [4.69, 9.17) is 4.63 Å². The van der Waals surface area contributed by atoms with Crippen molar-refractivity contribution >= 4 is 32.7 Å². The fraction of sp³-hybridized carbons (Fsp3) is 0.571. The molecule has 1 aromatic heterocycles. The predicted molar refractivity (Wildman–Crippen MR) is 83.0 cm³/mol. The molecule has 0 saturated carbocycles. The second-order valence-electron chi connectivity index (χ2n) is 5.31. The molecule has 2 heterocycles. The minimum atomic E-state index is 0.740. The molecule has 20 heavy (non-hydrogen) atoms. The van der Waals surface area contributed by atoms with Gasteiger partial charge in [-0.05, 0) is 35.5 Å². The van der Waals surface area contributed by atoms with Gasteiger partial charge < -0.3 is 9.80 Å². The number of hydrogen-bond donors (Lipinski definition) is 0. The predicted octanol–water partition coefficient (Wildman–Crippen LogP) is 2.76. The van der Waals surface area contributed by atoms with Crippen LogP contribution < -0.4 is 4.90 Å². The van der Waals surface area contributed by atoms with Gasteiger partial charge in [-0.3, -0.25) is 0 Å². The summed E-state index contributed by atoms with van der Waals surface area (Å²) in [6, 6.07) is 4.03. The van der Waals surface area contributed by atoms with Gasteiger partial charge in [0.25, 0.3) is 0 Å². The van der Waals surface area contributed by atoms with Crippen LogP contribution in [0.4, 0.5) is 5.69 Å². The molecule has 3 rings (SSSR count). The van der Waals surface area contributed by atoms with E-state index in [9.17, 15) is 0 Å². The summed E-state index contributed by atoms with van der Waals surface area (Å²) in [6.07, 6.45) is 0. The molecule has 1 aromatic carbocycles. The Balaban J connectivity index is 1.71. The number of rotatable bonds is 5. The van der Waals surface area contributed by atoms with Crippen LogP contribution in [0.2, 0.25) is 0 Å². The standard InChI is InChI=1S/C14H19BrN4O/c1-3-18(4-2)7-10-8-19(9-10)13-6-11(15)5-12-14(13)17-20-16-12/h5-6,10H,3-4,7-9H2,1-2H3. The van der Waals surface area contributed by atoms with Gasteiger partial charge in [-0.15, -0.1) is 0 Å². The molecule has 1 aliphatic heterocycles. The van der Waals surface area contributed by atoms with Crippen molar-refractivity contribution in [3.8, 4) is 0 Å². The van der Waals surface area contributed by atoms with Crippen molar-refractivity contribution in [1.29, 1.82) is 0 Å². The lowest BCUT2D eigenvalue weighted by atomic mass is 9.98. The highest BCUT2D eigenvalue weighted by Crippen LogP contribution is 2.33. The van der Waals surface area contributed by atoms with E-state index in [1.165, 1.54) is 6.54 Å². The zero-order valence-electron chi connectivity index (χ0n) is 11.8. The Morgan fingerprint density at radius 3 is 2.75 bits per heavy atom. The summed E-state index contributed by atoms with van der Waals surface area (Å²) in [5.74, 6) is 0.740. The van der Waals surface area contributed by atoms with Crippen molar-refractivity contribution in [2.45, 2.75) is 13.8 Å². The normalized spacial score (nSPS) is 16.1. The summed E-state index contributed by atoms with van der Waals surface area (Å²) < 4.78 is 5.87. The molecule has 0 unspecified atom stereocenters. The Kier molecular flexibility index (Phi) is 3.94. The van der Waals surface area contributed by atoms with Crippen molar-refractivity contribution in [2.75, 3.05) is 37.6 Å². The molecule has 0 amide bonds. The molecule has 1 fully saturated rings. The van der Waals surface area contributed by atoms with Crippen LogP contribution >= 0.6 is 15.9 Å². The SMILES string of the molecule is CCN(CC)CC1CN(c2cc(Br)cc3nonc23)C1. The quantitative estimate of drug-likeness (QED) is 0.838. The lowest BCUT2D eigenvalue weighted by molar-refractivity contribution is 0.227. The smallest absolute Gasteiger partial charge is 0.158 e. The zero-order chi connectivity index (χ0) is 14.1.